The molecule has 0 spiro atoms. The molecule has 4 nitrogen and oxygen atoms in total. The maximum absolute atomic E-state index is 12.1. The zero-order valence-electron chi connectivity index (χ0n) is 13.0. The monoisotopic (exact) mass is 308 g/mol. The minimum Gasteiger partial charge on any atom is -0.465 e. The van der Waals surface area contributed by atoms with E-state index in [4.69, 9.17) is 4.74 Å². The fourth-order valence-corrected chi connectivity index (χ4v) is 3.12. The fraction of sp³-hybridized carbons (Fsp3) is 0.562. The van der Waals surface area contributed by atoms with E-state index in [-0.39, 0.29) is 18.1 Å². The van der Waals surface area contributed by atoms with Gasteiger partial charge in [-0.2, -0.15) is 0 Å². The van der Waals surface area contributed by atoms with Crippen molar-refractivity contribution in [3.8, 4) is 0 Å². The molecule has 0 amide bonds. The van der Waals surface area contributed by atoms with E-state index in [1.807, 2.05) is 6.92 Å². The number of hydrogen-bond donors (Lipinski definition) is 1. The summed E-state index contributed by atoms with van der Waals surface area (Å²) in [5.41, 5.74) is 1.24. The molecule has 0 bridgehead atoms. The van der Waals surface area contributed by atoms with Crippen molar-refractivity contribution in [1.29, 1.82) is 0 Å². The molecule has 1 aliphatic rings. The van der Waals surface area contributed by atoms with Gasteiger partial charge in [-0.1, -0.05) is 12.1 Å². The van der Waals surface area contributed by atoms with Crippen molar-refractivity contribution in [2.75, 3.05) is 32.5 Å². The summed E-state index contributed by atoms with van der Waals surface area (Å²) in [7, 11) is 0. The van der Waals surface area contributed by atoms with Gasteiger partial charge < -0.3 is 10.1 Å². The van der Waals surface area contributed by atoms with Gasteiger partial charge in [-0.15, -0.1) is 11.8 Å². The van der Waals surface area contributed by atoms with Gasteiger partial charge in [0.05, 0.1) is 6.61 Å². The Balaban J connectivity index is 2.13. The largest absolute Gasteiger partial charge is 0.465 e. The van der Waals surface area contributed by atoms with Crippen molar-refractivity contribution in [3.63, 3.8) is 0 Å². The lowest BCUT2D eigenvalue weighted by Gasteiger charge is -2.38. The first-order chi connectivity index (χ1) is 10.2. The SMILES string of the molecule is CCOC(=O)C1CNCCN1C(C)c1ccc(SC)cc1. The average Bonchev–Trinajstić information content (AvgIpc) is 2.54. The Morgan fingerprint density at radius 2 is 2.19 bits per heavy atom. The van der Waals surface area contributed by atoms with Crippen LogP contribution in [0.4, 0.5) is 0 Å². The van der Waals surface area contributed by atoms with Crippen LogP contribution >= 0.6 is 11.8 Å². The lowest BCUT2D eigenvalue weighted by molar-refractivity contribution is -0.151. The van der Waals surface area contributed by atoms with Gasteiger partial charge in [-0.25, -0.2) is 0 Å². The van der Waals surface area contributed by atoms with Crippen molar-refractivity contribution >= 4 is 17.7 Å². The van der Waals surface area contributed by atoms with E-state index in [0.717, 1.165) is 13.1 Å². The van der Waals surface area contributed by atoms with E-state index in [1.54, 1.807) is 11.8 Å². The highest BCUT2D eigenvalue weighted by Gasteiger charge is 2.33. The second kappa shape index (κ2) is 7.82. The predicted octanol–water partition coefficient (Wildman–Crippen LogP) is 2.31. The molecule has 2 unspecified atom stereocenters. The molecule has 1 aliphatic heterocycles. The number of nitrogens with zero attached hydrogens (tertiary/aromatic N) is 1. The van der Waals surface area contributed by atoms with E-state index in [2.05, 4.69) is 47.7 Å². The van der Waals surface area contributed by atoms with Crippen molar-refractivity contribution in [2.45, 2.75) is 30.8 Å². The van der Waals surface area contributed by atoms with Crippen LogP contribution in [0.3, 0.4) is 0 Å². The summed E-state index contributed by atoms with van der Waals surface area (Å²) in [6.07, 6.45) is 2.07. The molecule has 0 radical (unpaired) electrons. The highest BCUT2D eigenvalue weighted by Crippen LogP contribution is 2.26. The molecule has 2 atom stereocenters. The highest BCUT2D eigenvalue weighted by molar-refractivity contribution is 7.98. The molecule has 0 saturated carbocycles. The van der Waals surface area contributed by atoms with Gasteiger partial charge in [-0.05, 0) is 37.8 Å². The zero-order valence-corrected chi connectivity index (χ0v) is 13.8. The number of piperazine rings is 1. The molecule has 2 rings (SSSR count). The number of carbonyl (C=O) groups excluding carboxylic acids is 1. The first kappa shape index (κ1) is 16.3. The van der Waals surface area contributed by atoms with E-state index in [9.17, 15) is 4.79 Å². The van der Waals surface area contributed by atoms with Crippen LogP contribution in [0.2, 0.25) is 0 Å². The summed E-state index contributed by atoms with van der Waals surface area (Å²) in [5, 5.41) is 3.28. The van der Waals surface area contributed by atoms with Crippen molar-refractivity contribution < 1.29 is 9.53 Å². The summed E-state index contributed by atoms with van der Waals surface area (Å²) in [5.74, 6) is -0.128. The third-order valence-corrected chi connectivity index (χ3v) is 4.68. The smallest absolute Gasteiger partial charge is 0.324 e. The summed E-state index contributed by atoms with van der Waals surface area (Å²) >= 11 is 1.74. The minimum atomic E-state index is -0.200. The van der Waals surface area contributed by atoms with Gasteiger partial charge >= 0.3 is 5.97 Å². The normalized spacial score (nSPS) is 21.0. The molecular formula is C16H24N2O2S. The van der Waals surface area contributed by atoms with Gasteiger partial charge in [0.1, 0.15) is 6.04 Å². The standard InChI is InChI=1S/C16H24N2O2S/c1-4-20-16(19)15-11-17-9-10-18(15)12(2)13-5-7-14(21-3)8-6-13/h5-8,12,15,17H,4,9-11H2,1-3H3. The van der Waals surface area contributed by atoms with Crippen molar-refractivity contribution in [1.82, 2.24) is 10.2 Å². The van der Waals surface area contributed by atoms with Gasteiger partial charge in [-0.3, -0.25) is 9.69 Å². The number of benzene rings is 1. The number of nitrogens with one attached hydrogen (secondary N) is 1. The van der Waals surface area contributed by atoms with Crippen LogP contribution in [0.25, 0.3) is 0 Å². The number of rotatable bonds is 5. The highest BCUT2D eigenvalue weighted by atomic mass is 32.2. The molecule has 1 heterocycles. The molecule has 1 aromatic rings. The first-order valence-electron chi connectivity index (χ1n) is 7.44. The second-order valence-corrected chi connectivity index (χ2v) is 6.04. The molecule has 1 fully saturated rings. The van der Waals surface area contributed by atoms with Gasteiger partial charge in [0, 0.05) is 30.6 Å². The maximum atomic E-state index is 12.1. The topological polar surface area (TPSA) is 41.6 Å². The average molecular weight is 308 g/mol. The van der Waals surface area contributed by atoms with Crippen molar-refractivity contribution in [3.05, 3.63) is 29.8 Å². The van der Waals surface area contributed by atoms with E-state index in [0.29, 0.717) is 13.2 Å². The summed E-state index contributed by atoms with van der Waals surface area (Å²) < 4.78 is 5.21. The van der Waals surface area contributed by atoms with Crippen LogP contribution < -0.4 is 5.32 Å². The third kappa shape index (κ3) is 3.99. The molecule has 1 saturated heterocycles. The van der Waals surface area contributed by atoms with E-state index in [1.165, 1.54) is 10.5 Å². The van der Waals surface area contributed by atoms with E-state index < -0.39 is 0 Å². The van der Waals surface area contributed by atoms with Crippen LogP contribution in [-0.2, 0) is 9.53 Å². The van der Waals surface area contributed by atoms with Crippen LogP contribution in [0.15, 0.2) is 29.2 Å². The Hall–Kier alpha value is -1.04. The Labute approximate surface area is 131 Å². The molecule has 1 aromatic carbocycles. The Morgan fingerprint density at radius 1 is 1.48 bits per heavy atom. The first-order valence-corrected chi connectivity index (χ1v) is 8.67. The third-order valence-electron chi connectivity index (χ3n) is 3.94. The number of hydrogen-bond acceptors (Lipinski definition) is 5. The molecule has 5 heteroatoms. The van der Waals surface area contributed by atoms with Gasteiger partial charge in [0.2, 0.25) is 0 Å². The Morgan fingerprint density at radius 3 is 2.81 bits per heavy atom. The number of carbonyl (C=O) groups is 1. The summed E-state index contributed by atoms with van der Waals surface area (Å²) in [6, 6.07) is 8.59. The van der Waals surface area contributed by atoms with Crippen LogP contribution in [0.5, 0.6) is 0 Å². The number of thioether (sulfide) groups is 1. The Kier molecular flexibility index (Phi) is 6.08. The molecule has 0 aliphatic carbocycles. The second-order valence-electron chi connectivity index (χ2n) is 5.16. The molecule has 1 N–H and O–H groups in total. The van der Waals surface area contributed by atoms with Crippen LogP contribution in [-0.4, -0.2) is 49.4 Å². The quantitative estimate of drug-likeness (QED) is 0.668. The summed E-state index contributed by atoms with van der Waals surface area (Å²) in [6.45, 7) is 6.86. The fourth-order valence-electron chi connectivity index (χ4n) is 2.71. The van der Waals surface area contributed by atoms with Gasteiger partial charge in [0.25, 0.3) is 0 Å². The lowest BCUT2D eigenvalue weighted by Crippen LogP contribution is -2.55. The molecule has 0 aromatic heterocycles. The van der Waals surface area contributed by atoms with Gasteiger partial charge in [0.15, 0.2) is 0 Å². The number of esters is 1. The zero-order chi connectivity index (χ0) is 15.2. The van der Waals surface area contributed by atoms with Crippen LogP contribution in [0, 0.1) is 0 Å². The minimum absolute atomic E-state index is 0.128. The van der Waals surface area contributed by atoms with Crippen molar-refractivity contribution in [2.24, 2.45) is 0 Å². The number of ether oxygens (including phenoxy) is 1. The molecule has 21 heavy (non-hydrogen) atoms. The molecular weight excluding hydrogens is 284 g/mol. The Bertz CT molecular complexity index is 464. The predicted molar refractivity (Wildman–Crippen MR) is 86.6 cm³/mol. The lowest BCUT2D eigenvalue weighted by atomic mass is 10.0. The van der Waals surface area contributed by atoms with Crippen LogP contribution in [0.1, 0.15) is 25.5 Å². The maximum Gasteiger partial charge on any atom is 0.324 e. The molecule has 116 valence electrons. The summed E-state index contributed by atoms with van der Waals surface area (Å²) in [4.78, 5) is 15.6. The van der Waals surface area contributed by atoms with E-state index >= 15 is 0 Å².